The molecular formula is C48H60N20O33P5+. The van der Waals surface area contributed by atoms with Crippen molar-refractivity contribution in [3.63, 3.8) is 0 Å². The molecule has 5 fully saturated rings. The van der Waals surface area contributed by atoms with Crippen molar-refractivity contribution in [2.45, 2.75) is 123 Å². The van der Waals surface area contributed by atoms with Crippen LogP contribution in [-0.4, -0.2) is 257 Å². The predicted molar refractivity (Wildman–Crippen MR) is 337 cm³/mol. The van der Waals surface area contributed by atoms with E-state index in [2.05, 4.69) is 54.4 Å². The number of phosphoric ester groups is 4. The second-order valence-corrected chi connectivity index (χ2v) is 29.8. The van der Waals surface area contributed by atoms with Crippen molar-refractivity contribution < 1.29 is 142 Å². The summed E-state index contributed by atoms with van der Waals surface area (Å²) in [5.74, 6) is -0.710. The van der Waals surface area contributed by atoms with Gasteiger partial charge >= 0.3 is 50.9 Å². The molecule has 25 atom stereocenters. The molecule has 13 rings (SSSR count). The van der Waals surface area contributed by atoms with Gasteiger partial charge in [0.1, 0.15) is 140 Å². The Morgan fingerprint density at radius 2 is 0.774 bits per heavy atom. The highest BCUT2D eigenvalue weighted by Gasteiger charge is 2.57. The van der Waals surface area contributed by atoms with Gasteiger partial charge in [-0.15, -0.1) is 9.42 Å². The van der Waals surface area contributed by atoms with E-state index in [1.54, 1.807) is 0 Å². The molecule has 20 N–H and O–H groups in total. The first-order valence-electron chi connectivity index (χ1n) is 30.4. The van der Waals surface area contributed by atoms with Gasteiger partial charge in [0.15, 0.2) is 65.5 Å². The number of fused-ring (bicyclic) bond motifs is 3. The number of nitrogens with two attached hydrogens (primary N) is 4. The Hall–Kier alpha value is -7.57. The number of aromatic nitrogens is 16. The second kappa shape index (κ2) is 30.1. The lowest BCUT2D eigenvalue weighted by Gasteiger charge is -2.27. The molecular weight excluding hydrogens is 1540 g/mol. The second-order valence-electron chi connectivity index (χ2n) is 23.4. The molecule has 5 unspecified atom stereocenters. The number of aromatic amines is 1. The smallest absolute Gasteiger partial charge is 0.387 e. The molecule has 0 spiro atoms. The van der Waals surface area contributed by atoms with Gasteiger partial charge in [-0.25, -0.2) is 72.7 Å². The summed E-state index contributed by atoms with van der Waals surface area (Å²) in [4.78, 5) is 134. The van der Waals surface area contributed by atoms with Gasteiger partial charge in [0, 0.05) is 23.0 Å². The number of hydrogen-bond acceptors (Lipinski definition) is 42. The molecule has 8 aromatic rings. The van der Waals surface area contributed by atoms with Crippen LogP contribution in [0.25, 0.3) is 33.5 Å². The average Bonchev–Trinajstić information content (AvgIpc) is 1.61. The molecule has 5 aliphatic rings. The first-order valence-corrected chi connectivity index (χ1v) is 37.5. The SMILES string of the molecule is Nc1ccn([C@@H]2O[C@H](COP(=O)(O)O[C@H]3[C@@H](O)[C@H](n4cnc5c(N)ncnc54)O[C@@H]3COP(=O)(O)O[C@H]3[C@@H](O)[C@H](n4ccc(=O)[nH]c4=O)O[C@@H]3CO[P+](=O)O)[C@@H](OP(=O)(O)OC[C@H]3O[C@@H](n4cnc5c(N)ncnc54)[C@H](O)[C@@H]3OP(=O)(O)OC[C@H]3O[C@@H](n4cnc5c(N)ncnc54)[C@H](O)[C@@H]3O)[C@H]2O)c(=O)n1. The topological polar surface area (TPSA) is 762 Å². The highest BCUT2D eigenvalue weighted by atomic mass is 31.2. The molecule has 8 aromatic heterocycles. The standard InChI is InChI=1S/C48H59N20O33P5/c49-21-1-3-64(47(76)62-21)43-29(73)33(99-105(84,85)92-9-19-34(30(74)45(96-19)67-14-60-24-37(51)54-11-57-40(24)67)100-103(80,81)89-6-16-26(70)27(71)42(93-16)66-13-59-23-36(50)53-10-56-39(23)66)18(95-43)7-90-106(86,87)101-35-20(97-46(31(35)75)68-15-61-25-38(52)55-12-58-41(25)68)8-91-104(82,83)98-32-17(5-88-102(78)79)94-44(28(32)72)65-4-2-22(69)63-48(65)77/h1-4,10-20,26-35,42-46,70-75H,5-9H2,(H13-,49,50,51,52,53,54,55,56,57,58,62,63,69,76,77,78,79,80,81,82,83,84,85,86,87)/p+1/t16-,17-,18-,19-,20-,26-,27-,28-,29-,30-,31-,32-,33-,34-,35-,42-,43-,44-,45-,46-/m1/s1. The van der Waals surface area contributed by atoms with Gasteiger partial charge in [-0.1, -0.05) is 0 Å². The molecule has 0 amide bonds. The quantitative estimate of drug-likeness (QED) is 0.0203. The van der Waals surface area contributed by atoms with Gasteiger partial charge in [0.2, 0.25) is 0 Å². The van der Waals surface area contributed by atoms with Crippen molar-refractivity contribution in [3.8, 4) is 0 Å². The number of rotatable bonds is 28. The van der Waals surface area contributed by atoms with E-state index >= 15 is 0 Å². The third-order valence-electron chi connectivity index (χ3n) is 16.8. The first kappa shape index (κ1) is 76.6. The lowest BCUT2D eigenvalue weighted by Crippen LogP contribution is -2.39. The van der Waals surface area contributed by atoms with E-state index < -0.39 is 212 Å². The Balaban J connectivity index is 0.723. The number of hydrogen-bond donors (Lipinski definition) is 16. The summed E-state index contributed by atoms with van der Waals surface area (Å²) >= 11 is 0. The van der Waals surface area contributed by atoms with Crippen molar-refractivity contribution in [1.82, 2.24) is 77.7 Å². The number of nitrogen functional groups attached to an aromatic ring is 4. The average molecular weight is 1600 g/mol. The van der Waals surface area contributed by atoms with E-state index in [1.807, 2.05) is 4.98 Å². The Labute approximate surface area is 587 Å². The number of nitrogens with zero attached hydrogens (tertiary/aromatic N) is 15. The number of nitrogens with one attached hydrogen (secondary N) is 1. The van der Waals surface area contributed by atoms with E-state index in [9.17, 15) is 92.3 Å². The number of H-pyrrole nitrogens is 1. The maximum absolute atomic E-state index is 14.3. The number of ether oxygens (including phenoxy) is 5. The first-order chi connectivity index (χ1) is 50.2. The monoisotopic (exact) mass is 1600 g/mol. The Bertz CT molecular complexity index is 5000. The van der Waals surface area contributed by atoms with Crippen LogP contribution in [0.5, 0.6) is 0 Å². The zero-order valence-corrected chi connectivity index (χ0v) is 57.5. The predicted octanol–water partition coefficient (Wildman–Crippen LogP) is -6.03. The summed E-state index contributed by atoms with van der Waals surface area (Å²) in [6, 6.07) is 1.90. The van der Waals surface area contributed by atoms with E-state index in [0.717, 1.165) is 65.3 Å². The molecule has 0 aromatic carbocycles. The minimum Gasteiger partial charge on any atom is -0.387 e. The highest BCUT2D eigenvalue weighted by Crippen LogP contribution is 2.56. The molecule has 574 valence electrons. The number of imidazole rings is 3. The molecule has 106 heavy (non-hydrogen) atoms. The normalized spacial score (nSPS) is 32.2. The Morgan fingerprint density at radius 3 is 1.14 bits per heavy atom. The van der Waals surface area contributed by atoms with Crippen LogP contribution in [0, 0.1) is 0 Å². The molecule has 58 heteroatoms. The van der Waals surface area contributed by atoms with E-state index in [1.165, 1.54) is 10.9 Å². The van der Waals surface area contributed by atoms with Gasteiger partial charge in [-0.3, -0.25) is 68.8 Å². The van der Waals surface area contributed by atoms with Gasteiger partial charge in [-0.05, 0) is 6.07 Å². The molecule has 0 bridgehead atoms. The molecule has 0 saturated carbocycles. The van der Waals surface area contributed by atoms with Crippen molar-refractivity contribution in [1.29, 1.82) is 0 Å². The molecule has 0 radical (unpaired) electrons. The Kier molecular flexibility index (Phi) is 21.8. The van der Waals surface area contributed by atoms with Gasteiger partial charge in [0.05, 0.1) is 45.4 Å². The van der Waals surface area contributed by atoms with Crippen LogP contribution in [0.15, 0.2) is 76.9 Å². The number of aliphatic hydroxyl groups excluding tert-OH is 6. The van der Waals surface area contributed by atoms with Crippen LogP contribution in [0.2, 0.25) is 0 Å². The maximum atomic E-state index is 14.3. The van der Waals surface area contributed by atoms with Crippen LogP contribution >= 0.6 is 39.5 Å². The molecule has 5 saturated heterocycles. The van der Waals surface area contributed by atoms with Crippen molar-refractivity contribution in [2.24, 2.45) is 0 Å². The van der Waals surface area contributed by atoms with Crippen molar-refractivity contribution >= 4 is 96.3 Å². The van der Waals surface area contributed by atoms with Crippen LogP contribution in [0.1, 0.15) is 31.1 Å². The van der Waals surface area contributed by atoms with Crippen LogP contribution in [-0.2, 0) is 87.2 Å². The van der Waals surface area contributed by atoms with E-state index in [-0.39, 0.29) is 56.8 Å². The summed E-state index contributed by atoms with van der Waals surface area (Å²) in [6.45, 7) is -5.92. The molecule has 13 heterocycles. The number of aliphatic hydroxyl groups is 6. The third kappa shape index (κ3) is 15.7. The van der Waals surface area contributed by atoms with Crippen molar-refractivity contribution in [3.05, 3.63) is 93.8 Å². The van der Waals surface area contributed by atoms with Crippen LogP contribution < -0.4 is 39.9 Å². The Morgan fingerprint density at radius 1 is 0.443 bits per heavy atom. The fourth-order valence-electron chi connectivity index (χ4n) is 11.9. The van der Waals surface area contributed by atoms with Crippen LogP contribution in [0.3, 0.4) is 0 Å². The van der Waals surface area contributed by atoms with Crippen LogP contribution in [0.4, 0.5) is 23.3 Å². The van der Waals surface area contributed by atoms with Gasteiger partial charge in [-0.2, -0.15) is 4.98 Å². The number of phosphoric acid groups is 4. The zero-order valence-electron chi connectivity index (χ0n) is 53.0. The fourth-order valence-corrected chi connectivity index (χ4v) is 16.0. The minimum absolute atomic E-state index is 0.0335. The summed E-state index contributed by atoms with van der Waals surface area (Å²) < 4.78 is 149. The van der Waals surface area contributed by atoms with Gasteiger partial charge < -0.3 is 96.8 Å². The fraction of sp³-hybridized carbons (Fsp3) is 0.521. The lowest BCUT2D eigenvalue weighted by molar-refractivity contribution is -0.0650. The molecule has 5 aliphatic heterocycles. The molecule has 0 aliphatic carbocycles. The minimum atomic E-state index is -5.88. The lowest BCUT2D eigenvalue weighted by atomic mass is 10.1. The summed E-state index contributed by atoms with van der Waals surface area (Å²) in [6.07, 6.45) is -31.3. The van der Waals surface area contributed by atoms with E-state index in [4.69, 9.17) is 82.8 Å². The molecule has 53 nitrogen and oxygen atoms in total. The van der Waals surface area contributed by atoms with Gasteiger partial charge in [0.25, 0.3) is 5.56 Å². The third-order valence-corrected chi connectivity index (χ3v) is 21.1. The summed E-state index contributed by atoms with van der Waals surface area (Å²) in [7, 11) is -26.4. The summed E-state index contributed by atoms with van der Waals surface area (Å²) in [5, 5.41) is 68.9. The highest BCUT2D eigenvalue weighted by molar-refractivity contribution is 7.48. The largest absolute Gasteiger partial charge is 0.694 e. The number of anilines is 4. The van der Waals surface area contributed by atoms with E-state index in [0.29, 0.717) is 9.13 Å². The maximum Gasteiger partial charge on any atom is 0.694 e. The summed E-state index contributed by atoms with van der Waals surface area (Å²) in [5.41, 5.74) is 20.1. The zero-order chi connectivity index (χ0) is 75.8. The van der Waals surface area contributed by atoms with Crippen molar-refractivity contribution in [2.75, 3.05) is 56.0 Å².